The van der Waals surface area contributed by atoms with E-state index in [4.69, 9.17) is 31.6 Å². The Hall–Kier alpha value is -5.59. The van der Waals surface area contributed by atoms with Crippen LogP contribution in [0.3, 0.4) is 0 Å². The first kappa shape index (κ1) is 47.1. The summed E-state index contributed by atoms with van der Waals surface area (Å²) in [4.78, 5) is 34.5. The van der Waals surface area contributed by atoms with Crippen molar-refractivity contribution in [2.45, 2.75) is 113 Å². The summed E-state index contributed by atoms with van der Waals surface area (Å²) < 4.78 is 165. The van der Waals surface area contributed by atoms with Crippen LogP contribution in [-0.2, 0) is 43.0 Å². The lowest BCUT2D eigenvalue weighted by atomic mass is 9.78. The van der Waals surface area contributed by atoms with Gasteiger partial charge < -0.3 is 15.0 Å². The maximum absolute atomic E-state index is 16.4. The van der Waals surface area contributed by atoms with Crippen molar-refractivity contribution in [1.29, 1.82) is 0 Å². The van der Waals surface area contributed by atoms with E-state index in [1.54, 1.807) is 27.7 Å². The van der Waals surface area contributed by atoms with Crippen LogP contribution in [0.25, 0.3) is 27.5 Å². The number of alkyl halides is 6. The van der Waals surface area contributed by atoms with Crippen molar-refractivity contribution >= 4 is 67.7 Å². The van der Waals surface area contributed by atoms with Gasteiger partial charge in [0.05, 0.1) is 54.9 Å². The van der Waals surface area contributed by atoms with Gasteiger partial charge in [0.15, 0.2) is 5.82 Å². The second-order valence-electron chi connectivity index (χ2n) is 18.9. The topological polar surface area (TPSA) is 178 Å². The molecule has 364 valence electrons. The number of hydrogen-bond donors (Lipinski definition) is 2. The molecule has 69 heavy (non-hydrogen) atoms. The van der Waals surface area contributed by atoms with Crippen LogP contribution in [0.15, 0.2) is 53.3 Å². The van der Waals surface area contributed by atoms with Crippen LogP contribution < -0.4 is 21.5 Å². The summed E-state index contributed by atoms with van der Waals surface area (Å²) in [7, 11) is -5.20. The first-order valence-electron chi connectivity index (χ1n) is 21.7. The molecule has 1 unspecified atom stereocenters. The van der Waals surface area contributed by atoms with E-state index in [0.717, 1.165) is 16.7 Å². The van der Waals surface area contributed by atoms with Crippen molar-refractivity contribution in [2.75, 3.05) is 4.72 Å². The summed E-state index contributed by atoms with van der Waals surface area (Å²) in [5, 5.41) is 6.56. The number of sulfonamides is 1. The Morgan fingerprint density at radius 2 is 1.65 bits per heavy atom. The largest absolute Gasteiger partial charge is 0.494 e. The molecular weight excluding hydrogens is 967 g/mol. The first-order valence-corrected chi connectivity index (χ1v) is 23.7. The number of aromatic nitrogens is 6. The molecule has 0 spiro atoms. The molecular formula is C44H40BClF8N8O6S. The van der Waals surface area contributed by atoms with E-state index >= 15 is 22.4 Å². The molecule has 2 saturated carbocycles. The predicted octanol–water partition coefficient (Wildman–Crippen LogP) is 7.53. The molecule has 4 heterocycles. The molecule has 14 nitrogen and oxygen atoms in total. The fourth-order valence-corrected chi connectivity index (χ4v) is 11.2. The van der Waals surface area contributed by atoms with Crippen molar-refractivity contribution in [3.8, 4) is 5.69 Å². The van der Waals surface area contributed by atoms with E-state index < -0.39 is 141 Å². The van der Waals surface area contributed by atoms with Crippen molar-refractivity contribution in [3.05, 3.63) is 104 Å². The molecule has 6 aromatic rings. The summed E-state index contributed by atoms with van der Waals surface area (Å²) in [5.74, 6) is -13.1. The van der Waals surface area contributed by atoms with Gasteiger partial charge in [0.25, 0.3) is 24.3 Å². The SMILES string of the molecule is CC1(C)OB(c2ccc3c(=O)n(-c4ccc(Cl)c5c(NS(=O)(=O)C6CC6)nn(CC(F)F)c45)c([C@@H](Cc4cc(F)cc(F)c4)C(C(N)=O)n4nc(C(F)F)c5c4C(F)(F)[C@@H]4C[C@H]54)nc3c2)OC1(C)C. The molecule has 0 bridgehead atoms. The van der Waals surface area contributed by atoms with Crippen LogP contribution in [0.2, 0.25) is 5.02 Å². The zero-order valence-corrected chi connectivity index (χ0v) is 38.4. The van der Waals surface area contributed by atoms with Crippen LogP contribution in [0.5, 0.6) is 0 Å². The summed E-state index contributed by atoms with van der Waals surface area (Å²) in [5.41, 5.74) is -0.0908. The van der Waals surface area contributed by atoms with Crippen molar-refractivity contribution < 1.29 is 57.6 Å². The molecule has 3 aromatic heterocycles. The summed E-state index contributed by atoms with van der Waals surface area (Å²) in [6.45, 7) is 5.96. The number of nitrogens with two attached hydrogens (primary N) is 1. The van der Waals surface area contributed by atoms with Crippen molar-refractivity contribution in [3.63, 3.8) is 0 Å². The second kappa shape index (κ2) is 16.0. The fraction of sp³-hybridized carbons (Fsp3) is 0.432. The summed E-state index contributed by atoms with van der Waals surface area (Å²) in [6.07, 6.45) is -6.92. The zero-order valence-electron chi connectivity index (χ0n) is 36.8. The standard InChI is InChI=1S/C44H40BClF8N8O6S/c1-42(2)43(3,4)68-45(67-42)19-5-8-23-28(14-19)56-40(61(41(23)64)29-10-9-27(46)32-35(29)60(17-30(49)50)58-39(32)59-69(65,66)22-6-7-22)25(13-18-11-20(47)15-21(48)12-18)34(38(55)63)62-36-31(33(57-62)37(51)52)24-16-26(24)44(36,53)54/h5,8-12,14-15,22,24-26,30,34,37H,6-7,13,16-17H2,1-4H3,(H2,55,63)(H,58,59)/t24-,25-,26+,34?/m0/s1. The number of amides is 1. The Labute approximate surface area is 392 Å². The molecule has 4 aliphatic rings. The van der Waals surface area contributed by atoms with Crippen LogP contribution >= 0.6 is 11.6 Å². The highest BCUT2D eigenvalue weighted by molar-refractivity contribution is 7.93. The summed E-state index contributed by atoms with van der Waals surface area (Å²) in [6, 6.07) is 6.51. The Morgan fingerprint density at radius 1 is 0.986 bits per heavy atom. The molecule has 25 heteroatoms. The van der Waals surface area contributed by atoms with E-state index in [2.05, 4.69) is 14.9 Å². The van der Waals surface area contributed by atoms with E-state index in [1.807, 2.05) is 0 Å². The lowest BCUT2D eigenvalue weighted by molar-refractivity contribution is -0.122. The van der Waals surface area contributed by atoms with Gasteiger partial charge in [-0.05, 0) is 107 Å². The molecule has 1 amide bonds. The van der Waals surface area contributed by atoms with Gasteiger partial charge >= 0.3 is 7.12 Å². The third-order valence-electron chi connectivity index (χ3n) is 13.8. The van der Waals surface area contributed by atoms with Crippen LogP contribution in [0, 0.1) is 17.6 Å². The van der Waals surface area contributed by atoms with Gasteiger partial charge in [-0.15, -0.1) is 0 Å². The number of halogens is 9. The van der Waals surface area contributed by atoms with E-state index in [9.17, 15) is 30.8 Å². The molecule has 3 N–H and O–H groups in total. The quantitative estimate of drug-likeness (QED) is 0.0825. The molecule has 3 fully saturated rings. The summed E-state index contributed by atoms with van der Waals surface area (Å²) >= 11 is 6.71. The molecule has 0 radical (unpaired) electrons. The van der Waals surface area contributed by atoms with E-state index in [1.165, 1.54) is 30.3 Å². The average molecular weight is 1010 g/mol. The number of rotatable bonds is 14. The third-order valence-corrected chi connectivity index (χ3v) is 15.9. The number of benzene rings is 3. The lowest BCUT2D eigenvalue weighted by Gasteiger charge is -2.32. The number of carbonyl (C=O) groups excluding carboxylic acids is 1. The van der Waals surface area contributed by atoms with Gasteiger partial charge in [-0.1, -0.05) is 17.7 Å². The molecule has 3 aromatic carbocycles. The third kappa shape index (κ3) is 7.75. The lowest BCUT2D eigenvalue weighted by Crippen LogP contribution is -2.41. The van der Waals surface area contributed by atoms with E-state index in [0.29, 0.717) is 33.7 Å². The fourth-order valence-electron chi connectivity index (χ4n) is 9.63. The minimum Gasteiger partial charge on any atom is -0.399 e. The molecule has 1 saturated heterocycles. The number of fused-ring (bicyclic) bond motifs is 5. The average Bonchev–Trinajstić information content (AvgIpc) is 4.15. The maximum Gasteiger partial charge on any atom is 0.494 e. The number of anilines is 1. The highest BCUT2D eigenvalue weighted by Crippen LogP contribution is 2.68. The predicted molar refractivity (Wildman–Crippen MR) is 236 cm³/mol. The van der Waals surface area contributed by atoms with Gasteiger partial charge in [0.1, 0.15) is 41.4 Å². The van der Waals surface area contributed by atoms with Gasteiger partial charge in [-0.2, -0.15) is 19.0 Å². The minimum atomic E-state index is -4.15. The number of carbonyl (C=O) groups is 1. The Kier molecular flexibility index (Phi) is 10.9. The van der Waals surface area contributed by atoms with Crippen LogP contribution in [0.1, 0.15) is 99.6 Å². The number of primary amides is 1. The van der Waals surface area contributed by atoms with Gasteiger partial charge in [-0.3, -0.25) is 23.6 Å². The maximum atomic E-state index is 16.4. The van der Waals surface area contributed by atoms with Gasteiger partial charge in [0.2, 0.25) is 15.9 Å². The van der Waals surface area contributed by atoms with Crippen molar-refractivity contribution in [2.24, 2.45) is 11.7 Å². The monoisotopic (exact) mass is 1010 g/mol. The Balaban J connectivity index is 1.30. The van der Waals surface area contributed by atoms with Gasteiger partial charge in [0, 0.05) is 17.5 Å². The Bertz CT molecular complexity index is 3290. The Morgan fingerprint density at radius 3 is 2.26 bits per heavy atom. The van der Waals surface area contributed by atoms with Gasteiger partial charge in [-0.25, -0.2) is 44.4 Å². The molecule has 1 aliphatic heterocycles. The zero-order chi connectivity index (χ0) is 49.6. The molecule has 10 rings (SSSR count). The number of nitrogens with one attached hydrogen (secondary N) is 1. The normalized spacial score (nSPS) is 21.1. The highest BCUT2D eigenvalue weighted by Gasteiger charge is 2.68. The van der Waals surface area contributed by atoms with Crippen LogP contribution in [-0.4, -0.2) is 73.4 Å². The van der Waals surface area contributed by atoms with Crippen LogP contribution in [0.4, 0.5) is 40.9 Å². The highest BCUT2D eigenvalue weighted by atomic mass is 35.5. The molecule has 4 atom stereocenters. The number of hydrogen-bond acceptors (Lipinski definition) is 9. The second-order valence-corrected chi connectivity index (χ2v) is 21.3. The number of nitrogens with zero attached hydrogens (tertiary/aromatic N) is 6. The minimum absolute atomic E-state index is 0.160. The molecule has 3 aliphatic carbocycles. The van der Waals surface area contributed by atoms with E-state index in [-0.39, 0.29) is 44.5 Å². The van der Waals surface area contributed by atoms with Crippen molar-refractivity contribution in [1.82, 2.24) is 29.1 Å². The first-order chi connectivity index (χ1) is 32.3. The smallest absolute Gasteiger partial charge is 0.399 e.